The summed E-state index contributed by atoms with van der Waals surface area (Å²) in [6, 6.07) is 7.75. The highest BCUT2D eigenvalue weighted by atomic mass is 16.2. The van der Waals surface area contributed by atoms with E-state index in [1.165, 1.54) is 0 Å². The van der Waals surface area contributed by atoms with E-state index in [0.29, 0.717) is 5.92 Å². The molecule has 1 aliphatic rings. The summed E-state index contributed by atoms with van der Waals surface area (Å²) >= 11 is 0. The largest absolute Gasteiger partial charge is 0.341 e. The first kappa shape index (κ1) is 11.1. The molecule has 0 unspecified atom stereocenters. The minimum absolute atomic E-state index is 0.130. The molecule has 0 atom stereocenters. The summed E-state index contributed by atoms with van der Waals surface area (Å²) in [6.07, 6.45) is 0. The van der Waals surface area contributed by atoms with Gasteiger partial charge >= 0.3 is 0 Å². The number of benzene rings is 1. The average molecular weight is 218 g/mol. The van der Waals surface area contributed by atoms with Crippen LogP contribution in [0.3, 0.4) is 0 Å². The van der Waals surface area contributed by atoms with E-state index in [9.17, 15) is 4.79 Å². The van der Waals surface area contributed by atoms with Gasteiger partial charge in [-0.2, -0.15) is 0 Å². The predicted molar refractivity (Wildman–Crippen MR) is 64.5 cm³/mol. The normalized spacial score (nSPS) is 15.6. The molecule has 1 aromatic carbocycles. The van der Waals surface area contributed by atoms with Gasteiger partial charge in [0.25, 0.3) is 5.91 Å². The van der Waals surface area contributed by atoms with Gasteiger partial charge in [0, 0.05) is 38.2 Å². The second-order valence-corrected chi connectivity index (χ2v) is 4.52. The van der Waals surface area contributed by atoms with Crippen LogP contribution in [0.1, 0.15) is 15.9 Å². The molecule has 0 aromatic heterocycles. The van der Waals surface area contributed by atoms with Gasteiger partial charge in [-0.05, 0) is 18.6 Å². The maximum absolute atomic E-state index is 12.1. The molecule has 1 saturated heterocycles. The summed E-state index contributed by atoms with van der Waals surface area (Å²) in [4.78, 5) is 14.0. The van der Waals surface area contributed by atoms with Gasteiger partial charge in [0.05, 0.1) is 0 Å². The Balaban J connectivity index is 2.03. The molecule has 16 heavy (non-hydrogen) atoms. The molecule has 1 fully saturated rings. The molecule has 86 valence electrons. The zero-order valence-corrected chi connectivity index (χ0v) is 9.86. The fourth-order valence-electron chi connectivity index (χ4n) is 1.97. The van der Waals surface area contributed by atoms with E-state index < -0.39 is 0 Å². The highest BCUT2D eigenvalue weighted by Crippen LogP contribution is 2.12. The molecule has 0 saturated carbocycles. The molecular formula is C13H18N2O. The van der Waals surface area contributed by atoms with E-state index in [1.54, 1.807) is 0 Å². The lowest BCUT2D eigenvalue weighted by Crippen LogP contribution is -2.48. The fraction of sp³-hybridized carbons (Fsp3) is 0.462. The first-order valence-electron chi connectivity index (χ1n) is 5.70. The van der Waals surface area contributed by atoms with Crippen LogP contribution in [0.15, 0.2) is 24.3 Å². The first-order chi connectivity index (χ1) is 7.68. The summed E-state index contributed by atoms with van der Waals surface area (Å²) < 4.78 is 0. The smallest absolute Gasteiger partial charge is 0.253 e. The monoisotopic (exact) mass is 218 g/mol. The van der Waals surface area contributed by atoms with Crippen molar-refractivity contribution in [1.82, 2.24) is 10.2 Å². The maximum Gasteiger partial charge on any atom is 0.253 e. The third-order valence-electron chi connectivity index (χ3n) is 3.12. The van der Waals surface area contributed by atoms with E-state index in [2.05, 4.69) is 5.32 Å². The van der Waals surface area contributed by atoms with Crippen molar-refractivity contribution in [2.75, 3.05) is 26.7 Å². The molecule has 0 spiro atoms. The van der Waals surface area contributed by atoms with E-state index >= 15 is 0 Å². The van der Waals surface area contributed by atoms with Gasteiger partial charge in [0.15, 0.2) is 0 Å². The molecule has 1 aromatic rings. The fourth-order valence-corrected chi connectivity index (χ4v) is 1.97. The number of amides is 1. The number of nitrogens with zero attached hydrogens (tertiary/aromatic N) is 1. The summed E-state index contributed by atoms with van der Waals surface area (Å²) in [7, 11) is 1.88. The lowest BCUT2D eigenvalue weighted by Gasteiger charge is -2.31. The topological polar surface area (TPSA) is 32.3 Å². The van der Waals surface area contributed by atoms with Crippen molar-refractivity contribution >= 4 is 5.91 Å². The van der Waals surface area contributed by atoms with Crippen molar-refractivity contribution < 1.29 is 4.79 Å². The van der Waals surface area contributed by atoms with Gasteiger partial charge in [0.2, 0.25) is 0 Å². The molecule has 0 aliphatic carbocycles. The third kappa shape index (κ3) is 2.25. The number of hydrogen-bond donors (Lipinski definition) is 1. The number of carbonyl (C=O) groups is 1. The van der Waals surface area contributed by atoms with Crippen molar-refractivity contribution in [2.45, 2.75) is 6.92 Å². The summed E-state index contributed by atoms with van der Waals surface area (Å²) in [5.41, 5.74) is 1.86. The molecule has 1 aliphatic heterocycles. The third-order valence-corrected chi connectivity index (χ3v) is 3.12. The molecule has 1 heterocycles. The zero-order chi connectivity index (χ0) is 11.5. The number of hydrogen-bond acceptors (Lipinski definition) is 2. The highest BCUT2D eigenvalue weighted by Gasteiger charge is 2.22. The number of nitrogens with one attached hydrogen (secondary N) is 1. The van der Waals surface area contributed by atoms with Crippen molar-refractivity contribution in [3.8, 4) is 0 Å². The molecular weight excluding hydrogens is 200 g/mol. The molecule has 3 heteroatoms. The van der Waals surface area contributed by atoms with Crippen LogP contribution in [0.2, 0.25) is 0 Å². The summed E-state index contributed by atoms with van der Waals surface area (Å²) in [5.74, 6) is 0.753. The van der Waals surface area contributed by atoms with Crippen molar-refractivity contribution in [2.24, 2.45) is 5.92 Å². The van der Waals surface area contributed by atoms with Crippen molar-refractivity contribution in [3.05, 3.63) is 35.4 Å². The Kier molecular flexibility index (Phi) is 3.25. The Morgan fingerprint density at radius 2 is 2.12 bits per heavy atom. The van der Waals surface area contributed by atoms with Crippen LogP contribution < -0.4 is 5.32 Å². The van der Waals surface area contributed by atoms with Crippen LogP contribution in [0, 0.1) is 12.8 Å². The van der Waals surface area contributed by atoms with E-state index in [1.807, 2.05) is 43.1 Å². The van der Waals surface area contributed by atoms with Gasteiger partial charge in [0.1, 0.15) is 0 Å². The molecule has 2 rings (SSSR count). The van der Waals surface area contributed by atoms with E-state index in [4.69, 9.17) is 0 Å². The summed E-state index contributed by atoms with van der Waals surface area (Å²) in [6.45, 7) is 4.89. The second kappa shape index (κ2) is 4.66. The minimum atomic E-state index is 0.130. The van der Waals surface area contributed by atoms with Gasteiger partial charge in [-0.15, -0.1) is 0 Å². The molecule has 0 bridgehead atoms. The quantitative estimate of drug-likeness (QED) is 0.829. The van der Waals surface area contributed by atoms with Crippen LogP contribution in [0.25, 0.3) is 0 Å². The van der Waals surface area contributed by atoms with Gasteiger partial charge in [-0.25, -0.2) is 0 Å². The van der Waals surface area contributed by atoms with Gasteiger partial charge < -0.3 is 10.2 Å². The van der Waals surface area contributed by atoms with Gasteiger partial charge in [-0.3, -0.25) is 4.79 Å². The Morgan fingerprint density at radius 3 is 2.69 bits per heavy atom. The van der Waals surface area contributed by atoms with Crippen molar-refractivity contribution in [3.63, 3.8) is 0 Å². The number of rotatable bonds is 3. The number of carbonyl (C=O) groups excluding carboxylic acids is 1. The van der Waals surface area contributed by atoms with Crippen LogP contribution in [0.5, 0.6) is 0 Å². The zero-order valence-electron chi connectivity index (χ0n) is 9.86. The number of aryl methyl sites for hydroxylation is 1. The Morgan fingerprint density at radius 1 is 1.44 bits per heavy atom. The maximum atomic E-state index is 12.1. The molecule has 3 nitrogen and oxygen atoms in total. The molecule has 0 radical (unpaired) electrons. The Labute approximate surface area is 96.5 Å². The van der Waals surface area contributed by atoms with Crippen molar-refractivity contribution in [1.29, 1.82) is 0 Å². The predicted octanol–water partition coefficient (Wildman–Crippen LogP) is 1.29. The SMILES string of the molecule is Cc1ccccc1C(=O)N(C)CC1CNC1. The Bertz CT molecular complexity index is 385. The Hall–Kier alpha value is -1.35. The van der Waals surface area contributed by atoms with E-state index in [-0.39, 0.29) is 5.91 Å². The molecule has 1 amide bonds. The standard InChI is InChI=1S/C13H18N2O/c1-10-5-3-4-6-12(10)13(16)15(2)9-11-7-14-8-11/h3-6,11,14H,7-9H2,1-2H3. The lowest BCUT2D eigenvalue weighted by molar-refractivity contribution is 0.0755. The average Bonchev–Trinajstić information content (AvgIpc) is 2.23. The van der Waals surface area contributed by atoms with E-state index in [0.717, 1.165) is 30.8 Å². The first-order valence-corrected chi connectivity index (χ1v) is 5.70. The lowest BCUT2D eigenvalue weighted by atomic mass is 10.0. The van der Waals surface area contributed by atoms with Crippen LogP contribution >= 0.6 is 0 Å². The van der Waals surface area contributed by atoms with Crippen LogP contribution in [0.4, 0.5) is 0 Å². The molecule has 1 N–H and O–H groups in total. The van der Waals surface area contributed by atoms with Crippen LogP contribution in [-0.4, -0.2) is 37.5 Å². The van der Waals surface area contributed by atoms with Crippen LogP contribution in [-0.2, 0) is 0 Å². The summed E-state index contributed by atoms with van der Waals surface area (Å²) in [5, 5.41) is 3.22. The second-order valence-electron chi connectivity index (χ2n) is 4.52. The van der Waals surface area contributed by atoms with Gasteiger partial charge in [-0.1, -0.05) is 18.2 Å². The minimum Gasteiger partial charge on any atom is -0.341 e. The highest BCUT2D eigenvalue weighted by molar-refractivity contribution is 5.95.